The van der Waals surface area contributed by atoms with Crippen molar-refractivity contribution in [2.75, 3.05) is 0 Å². The summed E-state index contributed by atoms with van der Waals surface area (Å²) in [6.07, 6.45) is 8.39. The Labute approximate surface area is 166 Å². The molecule has 4 rings (SSSR count). The minimum Gasteiger partial charge on any atom is -0.346 e. The highest BCUT2D eigenvalue weighted by atomic mass is 16.2. The second-order valence-corrected chi connectivity index (χ2v) is 6.32. The lowest BCUT2D eigenvalue weighted by Gasteiger charge is -2.04. The Kier molecular flexibility index (Phi) is 5.24. The summed E-state index contributed by atoms with van der Waals surface area (Å²) in [5.41, 5.74) is 2.55. The van der Waals surface area contributed by atoms with Crippen LogP contribution >= 0.6 is 0 Å². The van der Waals surface area contributed by atoms with Gasteiger partial charge in [-0.1, -0.05) is 12.1 Å². The molecule has 4 aromatic rings. The normalized spacial score (nSPS) is 10.6. The van der Waals surface area contributed by atoms with E-state index < -0.39 is 0 Å². The molecule has 4 heterocycles. The summed E-state index contributed by atoms with van der Waals surface area (Å²) >= 11 is 0. The van der Waals surface area contributed by atoms with Gasteiger partial charge in [-0.15, -0.1) is 0 Å². The van der Waals surface area contributed by atoms with Crippen molar-refractivity contribution in [3.63, 3.8) is 0 Å². The fraction of sp³-hybridized carbons (Fsp3) is 0.0952. The summed E-state index contributed by atoms with van der Waals surface area (Å²) in [6.45, 7) is 0.660. The van der Waals surface area contributed by atoms with Crippen molar-refractivity contribution in [3.8, 4) is 0 Å². The smallest absolute Gasteiger partial charge is 0.287 e. The number of rotatable bonds is 6. The van der Waals surface area contributed by atoms with Crippen LogP contribution in [0.5, 0.6) is 0 Å². The maximum Gasteiger partial charge on any atom is 0.287 e. The van der Waals surface area contributed by atoms with Crippen molar-refractivity contribution in [3.05, 3.63) is 96.1 Å². The molecule has 0 saturated heterocycles. The van der Waals surface area contributed by atoms with Gasteiger partial charge in [0.15, 0.2) is 5.69 Å². The van der Waals surface area contributed by atoms with Crippen LogP contribution in [0.2, 0.25) is 0 Å². The molecule has 8 heteroatoms. The number of fused-ring (bicyclic) bond motifs is 1. The monoisotopic (exact) mass is 386 g/mol. The standard InChI is InChI=1S/C21H18N6O2/c28-20(24-14-16-4-3-8-23-12-16)18-17-5-1-2-11-27(17)19(26-18)21(29)25-13-15-6-9-22-10-7-15/h1-12H,13-14H2,(H,24,28)(H,25,29). The van der Waals surface area contributed by atoms with Crippen LogP contribution in [0.25, 0.3) is 5.52 Å². The first-order valence-electron chi connectivity index (χ1n) is 9.03. The van der Waals surface area contributed by atoms with Gasteiger partial charge in [0.2, 0.25) is 5.82 Å². The van der Waals surface area contributed by atoms with E-state index in [-0.39, 0.29) is 23.3 Å². The first kappa shape index (κ1) is 18.3. The zero-order chi connectivity index (χ0) is 20.1. The first-order valence-corrected chi connectivity index (χ1v) is 9.03. The van der Waals surface area contributed by atoms with Gasteiger partial charge in [-0.05, 0) is 41.5 Å². The van der Waals surface area contributed by atoms with Crippen molar-refractivity contribution in [1.29, 1.82) is 0 Å². The molecule has 0 spiro atoms. The summed E-state index contributed by atoms with van der Waals surface area (Å²) in [7, 11) is 0. The van der Waals surface area contributed by atoms with Gasteiger partial charge < -0.3 is 10.6 Å². The number of hydrogen-bond acceptors (Lipinski definition) is 5. The molecule has 0 aliphatic carbocycles. The van der Waals surface area contributed by atoms with Gasteiger partial charge in [0, 0.05) is 44.1 Å². The zero-order valence-corrected chi connectivity index (χ0v) is 15.4. The fourth-order valence-electron chi connectivity index (χ4n) is 2.90. The van der Waals surface area contributed by atoms with Crippen molar-refractivity contribution in [2.45, 2.75) is 13.1 Å². The van der Waals surface area contributed by atoms with Crippen LogP contribution in [-0.4, -0.2) is 31.2 Å². The van der Waals surface area contributed by atoms with Crippen molar-refractivity contribution < 1.29 is 9.59 Å². The van der Waals surface area contributed by atoms with E-state index in [9.17, 15) is 9.59 Å². The lowest BCUT2D eigenvalue weighted by atomic mass is 10.2. The second-order valence-electron chi connectivity index (χ2n) is 6.32. The van der Waals surface area contributed by atoms with Gasteiger partial charge in [-0.25, -0.2) is 4.98 Å². The molecule has 0 atom stereocenters. The number of pyridine rings is 3. The molecule has 0 saturated carbocycles. The predicted octanol–water partition coefficient (Wildman–Crippen LogP) is 1.98. The molecule has 144 valence electrons. The summed E-state index contributed by atoms with van der Waals surface area (Å²) in [5.74, 6) is -0.568. The quantitative estimate of drug-likeness (QED) is 0.528. The number of hydrogen-bond donors (Lipinski definition) is 2. The highest BCUT2D eigenvalue weighted by molar-refractivity contribution is 6.02. The number of amides is 2. The summed E-state index contributed by atoms with van der Waals surface area (Å²) in [4.78, 5) is 37.7. The molecule has 0 unspecified atom stereocenters. The average molecular weight is 386 g/mol. The highest BCUT2D eigenvalue weighted by Gasteiger charge is 2.21. The Balaban J connectivity index is 1.54. The lowest BCUT2D eigenvalue weighted by molar-refractivity contribution is 0.0939. The lowest BCUT2D eigenvalue weighted by Crippen LogP contribution is -2.26. The van der Waals surface area contributed by atoms with E-state index in [1.807, 2.05) is 18.2 Å². The molecule has 29 heavy (non-hydrogen) atoms. The van der Waals surface area contributed by atoms with Crippen LogP contribution in [0.15, 0.2) is 73.4 Å². The van der Waals surface area contributed by atoms with E-state index in [0.717, 1.165) is 11.1 Å². The molecule has 0 aromatic carbocycles. The number of nitrogens with one attached hydrogen (secondary N) is 2. The maximum atomic E-state index is 12.7. The Morgan fingerprint density at radius 1 is 0.828 bits per heavy atom. The molecule has 2 N–H and O–H groups in total. The van der Waals surface area contributed by atoms with Gasteiger partial charge in [0.1, 0.15) is 0 Å². The van der Waals surface area contributed by atoms with E-state index in [1.54, 1.807) is 59.7 Å². The summed E-state index contributed by atoms with van der Waals surface area (Å²) < 4.78 is 1.61. The Morgan fingerprint density at radius 3 is 2.41 bits per heavy atom. The van der Waals surface area contributed by atoms with Gasteiger partial charge in [0.25, 0.3) is 11.8 Å². The number of aromatic nitrogens is 4. The molecule has 2 amide bonds. The molecule has 0 aliphatic rings. The maximum absolute atomic E-state index is 12.7. The van der Waals surface area contributed by atoms with Gasteiger partial charge in [-0.2, -0.15) is 0 Å². The third kappa shape index (κ3) is 4.11. The minimum atomic E-state index is -0.366. The first-order chi connectivity index (χ1) is 14.2. The van der Waals surface area contributed by atoms with Gasteiger partial charge in [-0.3, -0.25) is 24.0 Å². The molecule has 8 nitrogen and oxygen atoms in total. The van der Waals surface area contributed by atoms with Gasteiger partial charge in [0.05, 0.1) is 5.52 Å². The molecular weight excluding hydrogens is 368 g/mol. The summed E-state index contributed by atoms with van der Waals surface area (Å²) in [5, 5.41) is 5.65. The molecular formula is C21H18N6O2. The van der Waals surface area contributed by atoms with Crippen LogP contribution in [0.4, 0.5) is 0 Å². The molecule has 0 radical (unpaired) electrons. The summed E-state index contributed by atoms with van der Waals surface area (Å²) in [6, 6.07) is 12.7. The molecule has 0 fully saturated rings. The van der Waals surface area contributed by atoms with Crippen LogP contribution < -0.4 is 10.6 Å². The second kappa shape index (κ2) is 8.30. The number of nitrogens with zero attached hydrogens (tertiary/aromatic N) is 4. The molecule has 0 bridgehead atoms. The molecule has 0 aliphatic heterocycles. The van der Waals surface area contributed by atoms with Crippen LogP contribution in [-0.2, 0) is 13.1 Å². The third-order valence-electron chi connectivity index (χ3n) is 4.34. The number of carbonyl (C=O) groups is 2. The van der Waals surface area contributed by atoms with Crippen LogP contribution in [0, 0.1) is 0 Å². The minimum absolute atomic E-state index is 0.154. The number of carbonyl (C=O) groups excluding carboxylic acids is 2. The SMILES string of the molecule is O=C(NCc1cccnc1)c1nc(C(=O)NCc2ccncc2)n2ccccc12. The average Bonchev–Trinajstić information content (AvgIpc) is 3.17. The third-order valence-corrected chi connectivity index (χ3v) is 4.34. The van der Waals surface area contributed by atoms with Crippen LogP contribution in [0.3, 0.4) is 0 Å². The topological polar surface area (TPSA) is 101 Å². The Morgan fingerprint density at radius 2 is 1.62 bits per heavy atom. The van der Waals surface area contributed by atoms with Gasteiger partial charge >= 0.3 is 0 Å². The van der Waals surface area contributed by atoms with Crippen molar-refractivity contribution in [2.24, 2.45) is 0 Å². The zero-order valence-electron chi connectivity index (χ0n) is 15.4. The fourth-order valence-corrected chi connectivity index (χ4v) is 2.90. The van der Waals surface area contributed by atoms with E-state index in [0.29, 0.717) is 18.6 Å². The van der Waals surface area contributed by atoms with E-state index in [4.69, 9.17) is 0 Å². The Bertz CT molecular complexity index is 1050. The highest BCUT2D eigenvalue weighted by Crippen LogP contribution is 2.14. The van der Waals surface area contributed by atoms with Crippen molar-refractivity contribution >= 4 is 17.3 Å². The molecule has 4 aromatic heterocycles. The Hall–Kier alpha value is -4.07. The van der Waals surface area contributed by atoms with E-state index in [1.165, 1.54) is 0 Å². The van der Waals surface area contributed by atoms with Crippen molar-refractivity contribution in [1.82, 2.24) is 30.0 Å². The largest absolute Gasteiger partial charge is 0.346 e. The van der Waals surface area contributed by atoms with E-state index in [2.05, 4.69) is 25.6 Å². The number of imidazole rings is 1. The predicted molar refractivity (Wildman–Crippen MR) is 106 cm³/mol. The van der Waals surface area contributed by atoms with E-state index >= 15 is 0 Å². The van der Waals surface area contributed by atoms with Crippen LogP contribution in [0.1, 0.15) is 32.2 Å².